The molecule has 0 aliphatic carbocycles. The monoisotopic (exact) mass is 416 g/mol. The average molecular weight is 417 g/mol. The summed E-state index contributed by atoms with van der Waals surface area (Å²) in [6, 6.07) is 15.6. The highest BCUT2D eigenvalue weighted by Gasteiger charge is 2.28. The Kier molecular flexibility index (Phi) is 6.33. The zero-order valence-electron chi connectivity index (χ0n) is 15.1. The predicted octanol–water partition coefficient (Wildman–Crippen LogP) is 4.03. The number of likely N-dealkylation sites (tertiary alicyclic amines) is 1. The number of aromatic hydroxyl groups is 1. The van der Waals surface area contributed by atoms with Gasteiger partial charge in [0, 0.05) is 36.7 Å². The molecular formula is C21H25BrN2O2. The Morgan fingerprint density at radius 3 is 2.81 bits per heavy atom. The van der Waals surface area contributed by atoms with E-state index in [1.54, 1.807) is 6.07 Å². The Hall–Kier alpha value is -1.85. The van der Waals surface area contributed by atoms with Gasteiger partial charge in [-0.05, 0) is 43.1 Å². The van der Waals surface area contributed by atoms with Crippen LogP contribution in [0.4, 0.5) is 0 Å². The Morgan fingerprint density at radius 1 is 1.27 bits per heavy atom. The number of phenols is 1. The lowest BCUT2D eigenvalue weighted by Crippen LogP contribution is -2.43. The minimum absolute atomic E-state index is 0.0201. The van der Waals surface area contributed by atoms with Crippen LogP contribution in [0.15, 0.2) is 53.0 Å². The quantitative estimate of drug-likeness (QED) is 0.799. The molecule has 1 atom stereocenters. The van der Waals surface area contributed by atoms with Crippen LogP contribution in [0.3, 0.4) is 0 Å². The molecule has 0 radical (unpaired) electrons. The van der Waals surface area contributed by atoms with Gasteiger partial charge in [-0.15, -0.1) is 0 Å². The van der Waals surface area contributed by atoms with Crippen molar-refractivity contribution in [3.63, 3.8) is 0 Å². The van der Waals surface area contributed by atoms with E-state index < -0.39 is 0 Å². The first-order valence-electron chi connectivity index (χ1n) is 9.01. The van der Waals surface area contributed by atoms with E-state index in [0.717, 1.165) is 41.5 Å². The Balaban J connectivity index is 1.60. The van der Waals surface area contributed by atoms with Gasteiger partial charge in [0.05, 0.1) is 5.92 Å². The fraction of sp³-hybridized carbons (Fsp3) is 0.381. The van der Waals surface area contributed by atoms with E-state index in [4.69, 9.17) is 0 Å². The predicted molar refractivity (Wildman–Crippen MR) is 107 cm³/mol. The molecule has 5 heteroatoms. The summed E-state index contributed by atoms with van der Waals surface area (Å²) in [7, 11) is 1.88. The van der Waals surface area contributed by atoms with Crippen LogP contribution in [0.5, 0.6) is 5.75 Å². The fourth-order valence-electron chi connectivity index (χ4n) is 3.57. The summed E-state index contributed by atoms with van der Waals surface area (Å²) in [6.07, 6.45) is 1.93. The number of phenolic OH excluding ortho intramolecular Hbond substituents is 1. The average Bonchev–Trinajstić information content (AvgIpc) is 2.65. The molecular weight excluding hydrogens is 392 g/mol. The molecule has 138 valence electrons. The molecule has 1 aliphatic rings. The lowest BCUT2D eigenvalue weighted by atomic mass is 9.96. The zero-order valence-corrected chi connectivity index (χ0v) is 16.7. The second-order valence-electron chi connectivity index (χ2n) is 7.03. The van der Waals surface area contributed by atoms with E-state index in [-0.39, 0.29) is 11.8 Å². The maximum Gasteiger partial charge on any atom is 0.227 e. The first kappa shape index (κ1) is 18.9. The molecule has 2 aromatic rings. The fourth-order valence-corrected chi connectivity index (χ4v) is 3.98. The molecule has 3 rings (SSSR count). The first-order chi connectivity index (χ1) is 12.5. The molecule has 0 saturated carbocycles. The third-order valence-electron chi connectivity index (χ3n) is 4.93. The van der Waals surface area contributed by atoms with Crippen LogP contribution in [0.1, 0.15) is 24.0 Å². The van der Waals surface area contributed by atoms with Crippen LogP contribution in [-0.2, 0) is 17.9 Å². The van der Waals surface area contributed by atoms with Crippen molar-refractivity contribution in [2.24, 2.45) is 5.92 Å². The summed E-state index contributed by atoms with van der Waals surface area (Å²) in [5, 5.41) is 10.1. The highest BCUT2D eigenvalue weighted by Crippen LogP contribution is 2.26. The maximum absolute atomic E-state index is 12.9. The van der Waals surface area contributed by atoms with Gasteiger partial charge in [0.25, 0.3) is 0 Å². The third kappa shape index (κ3) is 4.86. The molecule has 0 spiro atoms. The standard InChI is InChI=1S/C21H25BrN2O2/c1-23(13-16-6-3-2-4-7-16)21(26)17-8-5-11-24(14-17)15-18-12-19(22)9-10-20(18)25/h2-4,6-7,9-10,12,17,25H,5,8,11,13-15H2,1H3/t17-/m1/s1. The number of halogens is 1. The number of piperidine rings is 1. The molecule has 26 heavy (non-hydrogen) atoms. The van der Waals surface area contributed by atoms with Gasteiger partial charge >= 0.3 is 0 Å². The Bertz CT molecular complexity index is 751. The van der Waals surface area contributed by atoms with Crippen LogP contribution in [0, 0.1) is 5.92 Å². The van der Waals surface area contributed by atoms with Crippen molar-refractivity contribution in [1.29, 1.82) is 0 Å². The molecule has 1 saturated heterocycles. The smallest absolute Gasteiger partial charge is 0.227 e. The van der Waals surface area contributed by atoms with Crippen molar-refractivity contribution < 1.29 is 9.90 Å². The van der Waals surface area contributed by atoms with Gasteiger partial charge in [0.1, 0.15) is 5.75 Å². The van der Waals surface area contributed by atoms with Crippen molar-refractivity contribution in [3.8, 4) is 5.75 Å². The number of nitrogens with zero attached hydrogens (tertiary/aromatic N) is 2. The van der Waals surface area contributed by atoms with Crippen molar-refractivity contribution in [1.82, 2.24) is 9.80 Å². The third-order valence-corrected chi connectivity index (χ3v) is 5.42. The van der Waals surface area contributed by atoms with Crippen molar-refractivity contribution in [2.45, 2.75) is 25.9 Å². The van der Waals surface area contributed by atoms with Gasteiger partial charge in [-0.1, -0.05) is 46.3 Å². The highest BCUT2D eigenvalue weighted by molar-refractivity contribution is 9.10. The molecule has 1 amide bonds. The van der Waals surface area contributed by atoms with E-state index >= 15 is 0 Å². The minimum atomic E-state index is 0.0201. The first-order valence-corrected chi connectivity index (χ1v) is 9.81. The normalized spacial score (nSPS) is 17.8. The van der Waals surface area contributed by atoms with E-state index in [2.05, 4.69) is 20.8 Å². The van der Waals surface area contributed by atoms with Gasteiger partial charge in [-0.25, -0.2) is 0 Å². The number of carbonyl (C=O) groups is 1. The number of amides is 1. The van der Waals surface area contributed by atoms with E-state index in [0.29, 0.717) is 18.8 Å². The zero-order chi connectivity index (χ0) is 18.5. The number of hydrogen-bond acceptors (Lipinski definition) is 3. The van der Waals surface area contributed by atoms with Gasteiger partial charge < -0.3 is 10.0 Å². The summed E-state index contributed by atoms with van der Waals surface area (Å²) in [5.74, 6) is 0.534. The number of benzene rings is 2. The summed E-state index contributed by atoms with van der Waals surface area (Å²) in [4.78, 5) is 17.0. The van der Waals surface area contributed by atoms with Crippen molar-refractivity contribution >= 4 is 21.8 Å². The van der Waals surface area contributed by atoms with Crippen LogP contribution >= 0.6 is 15.9 Å². The Morgan fingerprint density at radius 2 is 2.04 bits per heavy atom. The van der Waals surface area contributed by atoms with Crippen molar-refractivity contribution in [3.05, 3.63) is 64.1 Å². The lowest BCUT2D eigenvalue weighted by molar-refractivity contribution is -0.136. The molecule has 0 aromatic heterocycles. The molecule has 1 heterocycles. The van der Waals surface area contributed by atoms with Gasteiger partial charge in [0.15, 0.2) is 0 Å². The molecule has 4 nitrogen and oxygen atoms in total. The van der Waals surface area contributed by atoms with Crippen LogP contribution < -0.4 is 0 Å². The van der Waals surface area contributed by atoms with Crippen LogP contribution in [0.2, 0.25) is 0 Å². The molecule has 0 bridgehead atoms. The molecule has 1 N–H and O–H groups in total. The Labute approximate surface area is 163 Å². The summed E-state index contributed by atoms with van der Waals surface area (Å²) in [5.41, 5.74) is 2.04. The minimum Gasteiger partial charge on any atom is -0.508 e. The second kappa shape index (κ2) is 8.69. The topological polar surface area (TPSA) is 43.8 Å². The summed E-state index contributed by atoms with van der Waals surface area (Å²) < 4.78 is 0.956. The van der Waals surface area contributed by atoms with Gasteiger partial charge in [0.2, 0.25) is 5.91 Å². The number of rotatable bonds is 5. The van der Waals surface area contributed by atoms with E-state index in [1.807, 2.05) is 54.4 Å². The molecule has 0 unspecified atom stereocenters. The van der Waals surface area contributed by atoms with E-state index in [1.165, 1.54) is 0 Å². The number of carbonyl (C=O) groups excluding carboxylic acids is 1. The van der Waals surface area contributed by atoms with Gasteiger partial charge in [-0.2, -0.15) is 0 Å². The van der Waals surface area contributed by atoms with Gasteiger partial charge in [-0.3, -0.25) is 9.69 Å². The molecule has 1 aliphatic heterocycles. The molecule has 2 aromatic carbocycles. The van der Waals surface area contributed by atoms with Crippen LogP contribution in [-0.4, -0.2) is 41.0 Å². The second-order valence-corrected chi connectivity index (χ2v) is 7.94. The van der Waals surface area contributed by atoms with E-state index in [9.17, 15) is 9.90 Å². The maximum atomic E-state index is 12.9. The highest BCUT2D eigenvalue weighted by atomic mass is 79.9. The largest absolute Gasteiger partial charge is 0.508 e. The van der Waals surface area contributed by atoms with Crippen LogP contribution in [0.25, 0.3) is 0 Å². The summed E-state index contributed by atoms with van der Waals surface area (Å²) in [6.45, 7) is 3.00. The van der Waals surface area contributed by atoms with Crippen molar-refractivity contribution in [2.75, 3.05) is 20.1 Å². The SMILES string of the molecule is CN(Cc1ccccc1)C(=O)[C@@H]1CCCN(Cc2cc(Br)ccc2O)C1. The lowest BCUT2D eigenvalue weighted by Gasteiger charge is -2.34. The summed E-state index contributed by atoms with van der Waals surface area (Å²) >= 11 is 3.46. The number of hydrogen-bond donors (Lipinski definition) is 1. The molecule has 1 fully saturated rings.